The van der Waals surface area contributed by atoms with Crippen LogP contribution in [0.1, 0.15) is 29.3 Å². The summed E-state index contributed by atoms with van der Waals surface area (Å²) in [6, 6.07) is 5.17. The highest BCUT2D eigenvalue weighted by molar-refractivity contribution is 6.31. The van der Waals surface area contributed by atoms with Crippen LogP contribution in [0.5, 0.6) is 0 Å². The number of ether oxygens (including phenoxy) is 1. The first-order valence-electron chi connectivity index (χ1n) is 6.31. The maximum absolute atomic E-state index is 12.1. The highest BCUT2D eigenvalue weighted by Crippen LogP contribution is 2.25. The van der Waals surface area contributed by atoms with Crippen LogP contribution >= 0.6 is 11.6 Å². The number of benzene rings is 1. The van der Waals surface area contributed by atoms with E-state index in [1.54, 1.807) is 18.2 Å². The second-order valence-electron chi connectivity index (χ2n) is 5.01. The summed E-state index contributed by atoms with van der Waals surface area (Å²) in [6.45, 7) is 4.35. The molecular weight excluding hydrogens is 266 g/mol. The van der Waals surface area contributed by atoms with E-state index >= 15 is 0 Å². The number of carbonyl (C=O) groups is 1. The van der Waals surface area contributed by atoms with Crippen LogP contribution in [-0.2, 0) is 4.74 Å². The van der Waals surface area contributed by atoms with E-state index < -0.39 is 5.60 Å². The molecule has 1 saturated heterocycles. The molecule has 1 aliphatic heterocycles. The summed E-state index contributed by atoms with van der Waals surface area (Å²) >= 11 is 5.89. The summed E-state index contributed by atoms with van der Waals surface area (Å²) < 4.78 is 5.33. The third kappa shape index (κ3) is 3.08. The molecule has 0 saturated carbocycles. The molecule has 0 spiro atoms. The molecule has 4 nitrogen and oxygen atoms in total. The third-order valence-electron chi connectivity index (χ3n) is 3.66. The second-order valence-corrected chi connectivity index (χ2v) is 5.44. The Morgan fingerprint density at radius 2 is 2.37 bits per heavy atom. The van der Waals surface area contributed by atoms with Crippen molar-refractivity contribution in [3.05, 3.63) is 34.3 Å². The standard InChI is InChI=1S/C14H18ClNO3/c1-9-3-4-11(15)7-12(9)13(17)16-8-14(18)5-6-19-10(14)2/h3-4,7,10,18H,5-6,8H2,1-2H3,(H,16,17). The molecule has 19 heavy (non-hydrogen) atoms. The largest absolute Gasteiger partial charge is 0.385 e. The van der Waals surface area contributed by atoms with Gasteiger partial charge in [0, 0.05) is 30.2 Å². The van der Waals surface area contributed by atoms with Crippen LogP contribution < -0.4 is 5.32 Å². The van der Waals surface area contributed by atoms with Crippen molar-refractivity contribution in [2.24, 2.45) is 0 Å². The fourth-order valence-electron chi connectivity index (χ4n) is 2.17. The Kier molecular flexibility index (Phi) is 4.13. The highest BCUT2D eigenvalue weighted by atomic mass is 35.5. The van der Waals surface area contributed by atoms with Crippen LogP contribution in [0.4, 0.5) is 0 Å². The van der Waals surface area contributed by atoms with E-state index in [-0.39, 0.29) is 18.6 Å². The van der Waals surface area contributed by atoms with Crippen molar-refractivity contribution in [1.82, 2.24) is 5.32 Å². The van der Waals surface area contributed by atoms with Gasteiger partial charge >= 0.3 is 0 Å². The van der Waals surface area contributed by atoms with Crippen molar-refractivity contribution in [2.75, 3.05) is 13.2 Å². The van der Waals surface area contributed by atoms with E-state index in [9.17, 15) is 9.90 Å². The lowest BCUT2D eigenvalue weighted by atomic mass is 9.96. The monoisotopic (exact) mass is 283 g/mol. The number of aryl methyl sites for hydroxylation is 1. The topological polar surface area (TPSA) is 58.6 Å². The van der Waals surface area contributed by atoms with Crippen LogP contribution in [0.3, 0.4) is 0 Å². The molecule has 5 heteroatoms. The van der Waals surface area contributed by atoms with Crippen molar-refractivity contribution >= 4 is 17.5 Å². The molecule has 1 amide bonds. The molecule has 2 rings (SSSR count). The minimum absolute atomic E-state index is 0.180. The molecule has 2 atom stereocenters. The average Bonchev–Trinajstić information content (AvgIpc) is 2.70. The normalized spacial score (nSPS) is 26.4. The number of aliphatic hydroxyl groups is 1. The highest BCUT2D eigenvalue weighted by Gasteiger charge is 2.39. The number of carbonyl (C=O) groups excluding carboxylic acids is 1. The van der Waals surface area contributed by atoms with Gasteiger partial charge in [-0.05, 0) is 31.5 Å². The van der Waals surface area contributed by atoms with Crippen molar-refractivity contribution < 1.29 is 14.6 Å². The van der Waals surface area contributed by atoms with Crippen LogP contribution in [0.15, 0.2) is 18.2 Å². The van der Waals surface area contributed by atoms with Gasteiger partial charge in [-0.15, -0.1) is 0 Å². The Labute approximate surface area is 117 Å². The number of halogens is 1. The van der Waals surface area contributed by atoms with E-state index in [4.69, 9.17) is 16.3 Å². The van der Waals surface area contributed by atoms with E-state index in [0.717, 1.165) is 5.56 Å². The molecule has 0 bridgehead atoms. The summed E-state index contributed by atoms with van der Waals surface area (Å²) in [5.74, 6) is -0.229. The lowest BCUT2D eigenvalue weighted by molar-refractivity contribution is -0.0251. The maximum atomic E-state index is 12.1. The van der Waals surface area contributed by atoms with E-state index in [1.807, 2.05) is 13.8 Å². The van der Waals surface area contributed by atoms with Gasteiger partial charge in [-0.1, -0.05) is 17.7 Å². The first-order chi connectivity index (χ1) is 8.92. The average molecular weight is 284 g/mol. The SMILES string of the molecule is Cc1ccc(Cl)cc1C(=O)NCC1(O)CCOC1C. The Morgan fingerprint density at radius 3 is 3.00 bits per heavy atom. The zero-order valence-electron chi connectivity index (χ0n) is 11.1. The van der Waals surface area contributed by atoms with Crippen molar-refractivity contribution in [3.8, 4) is 0 Å². The maximum Gasteiger partial charge on any atom is 0.251 e. The molecule has 0 aromatic heterocycles. The van der Waals surface area contributed by atoms with Crippen LogP contribution in [0, 0.1) is 6.92 Å². The van der Waals surface area contributed by atoms with Gasteiger partial charge in [0.1, 0.15) is 5.60 Å². The molecule has 104 valence electrons. The number of nitrogens with one attached hydrogen (secondary N) is 1. The Bertz CT molecular complexity index is 492. The van der Waals surface area contributed by atoms with E-state index in [2.05, 4.69) is 5.32 Å². The van der Waals surface area contributed by atoms with Gasteiger partial charge in [0.15, 0.2) is 0 Å². The molecule has 2 N–H and O–H groups in total. The molecule has 2 unspecified atom stereocenters. The van der Waals surface area contributed by atoms with Crippen molar-refractivity contribution in [2.45, 2.75) is 32.0 Å². The number of rotatable bonds is 3. The Balaban J connectivity index is 2.03. The van der Waals surface area contributed by atoms with Crippen LogP contribution in [-0.4, -0.2) is 35.9 Å². The van der Waals surface area contributed by atoms with Crippen molar-refractivity contribution in [3.63, 3.8) is 0 Å². The van der Waals surface area contributed by atoms with Crippen molar-refractivity contribution in [1.29, 1.82) is 0 Å². The van der Waals surface area contributed by atoms with Gasteiger partial charge in [0.05, 0.1) is 6.10 Å². The van der Waals surface area contributed by atoms with Gasteiger partial charge in [-0.2, -0.15) is 0 Å². The predicted molar refractivity (Wildman–Crippen MR) is 73.5 cm³/mol. The fourth-order valence-corrected chi connectivity index (χ4v) is 2.34. The van der Waals surface area contributed by atoms with Gasteiger partial charge in [-0.3, -0.25) is 4.79 Å². The van der Waals surface area contributed by atoms with Gasteiger partial charge in [0.25, 0.3) is 5.91 Å². The molecule has 1 aromatic carbocycles. The number of amides is 1. The van der Waals surface area contributed by atoms with E-state index in [1.165, 1.54) is 0 Å². The molecule has 0 aliphatic carbocycles. The second kappa shape index (κ2) is 5.49. The first-order valence-corrected chi connectivity index (χ1v) is 6.68. The van der Waals surface area contributed by atoms with Gasteiger partial charge in [0.2, 0.25) is 0 Å². The summed E-state index contributed by atoms with van der Waals surface area (Å²) in [6.07, 6.45) is 0.261. The minimum Gasteiger partial charge on any atom is -0.385 e. The fraction of sp³-hybridized carbons (Fsp3) is 0.500. The third-order valence-corrected chi connectivity index (χ3v) is 3.89. The zero-order chi connectivity index (χ0) is 14.0. The van der Waals surface area contributed by atoms with Crippen LogP contribution in [0.2, 0.25) is 5.02 Å². The number of hydrogen-bond acceptors (Lipinski definition) is 3. The Hall–Kier alpha value is -1.10. The zero-order valence-corrected chi connectivity index (χ0v) is 11.8. The Morgan fingerprint density at radius 1 is 1.63 bits per heavy atom. The summed E-state index contributed by atoms with van der Waals surface area (Å²) in [5, 5.41) is 13.6. The molecular formula is C14H18ClNO3. The predicted octanol–water partition coefficient (Wildman–Crippen LogP) is 1.92. The summed E-state index contributed by atoms with van der Waals surface area (Å²) in [7, 11) is 0. The lowest BCUT2D eigenvalue weighted by Gasteiger charge is -2.26. The summed E-state index contributed by atoms with van der Waals surface area (Å²) in [4.78, 5) is 12.1. The quantitative estimate of drug-likeness (QED) is 0.891. The van der Waals surface area contributed by atoms with Gasteiger partial charge in [-0.25, -0.2) is 0 Å². The lowest BCUT2D eigenvalue weighted by Crippen LogP contribution is -2.47. The molecule has 1 aliphatic rings. The van der Waals surface area contributed by atoms with Gasteiger partial charge < -0.3 is 15.2 Å². The summed E-state index contributed by atoms with van der Waals surface area (Å²) in [5.41, 5.74) is 0.398. The van der Waals surface area contributed by atoms with Crippen LogP contribution in [0.25, 0.3) is 0 Å². The number of hydrogen-bond donors (Lipinski definition) is 2. The molecule has 0 radical (unpaired) electrons. The molecule has 1 aromatic rings. The first kappa shape index (κ1) is 14.3. The minimum atomic E-state index is -0.984. The smallest absolute Gasteiger partial charge is 0.251 e. The molecule has 1 fully saturated rings. The molecule has 1 heterocycles. The van der Waals surface area contributed by atoms with E-state index in [0.29, 0.717) is 23.6 Å².